The van der Waals surface area contributed by atoms with Crippen LogP contribution in [0.5, 0.6) is 0 Å². The Bertz CT molecular complexity index is 1030. The van der Waals surface area contributed by atoms with Gasteiger partial charge < -0.3 is 9.88 Å². The molecule has 3 aromatic rings. The number of benzene rings is 1. The average Bonchev–Trinajstić information content (AvgIpc) is 2.83. The van der Waals surface area contributed by atoms with Crippen molar-refractivity contribution in [3.05, 3.63) is 56.4 Å². The van der Waals surface area contributed by atoms with Gasteiger partial charge in [-0.3, -0.25) is 4.79 Å². The highest BCUT2D eigenvalue weighted by molar-refractivity contribution is 7.13. The fourth-order valence-corrected chi connectivity index (χ4v) is 3.43. The van der Waals surface area contributed by atoms with Crippen LogP contribution in [0.1, 0.15) is 11.3 Å². The van der Waals surface area contributed by atoms with E-state index < -0.39 is 11.7 Å². The standard InChI is InChI=1S/C16H12ClF3N4OS/c1-8-13(26-15(25)24(8)2)12-5-6-21-14(23-12)22-9-3-4-11(17)10(7-9)16(18,19)20/h3-7H,1-2H3,(H,21,22,23). The number of alkyl halides is 3. The molecule has 0 aliphatic rings. The van der Waals surface area contributed by atoms with Crippen LogP contribution < -0.4 is 10.2 Å². The topological polar surface area (TPSA) is 59.8 Å². The summed E-state index contributed by atoms with van der Waals surface area (Å²) < 4.78 is 40.4. The molecule has 0 unspecified atom stereocenters. The maximum absolute atomic E-state index is 13.0. The van der Waals surface area contributed by atoms with Gasteiger partial charge in [0.05, 0.1) is 21.2 Å². The lowest BCUT2D eigenvalue weighted by molar-refractivity contribution is -0.137. The van der Waals surface area contributed by atoms with Gasteiger partial charge in [-0.2, -0.15) is 13.2 Å². The molecule has 0 bridgehead atoms. The lowest BCUT2D eigenvalue weighted by Gasteiger charge is -2.12. The molecule has 0 aliphatic carbocycles. The third-order valence-electron chi connectivity index (χ3n) is 3.71. The number of anilines is 2. The van der Waals surface area contributed by atoms with Gasteiger partial charge in [-0.05, 0) is 31.2 Å². The highest BCUT2D eigenvalue weighted by Crippen LogP contribution is 2.36. The number of rotatable bonds is 3. The first-order valence-electron chi connectivity index (χ1n) is 7.30. The van der Waals surface area contributed by atoms with E-state index in [9.17, 15) is 18.0 Å². The molecule has 0 radical (unpaired) electrons. The van der Waals surface area contributed by atoms with Gasteiger partial charge in [0.2, 0.25) is 5.95 Å². The van der Waals surface area contributed by atoms with Gasteiger partial charge in [0.1, 0.15) is 0 Å². The van der Waals surface area contributed by atoms with Gasteiger partial charge >= 0.3 is 11.0 Å². The van der Waals surface area contributed by atoms with Crippen LogP contribution in [-0.4, -0.2) is 14.5 Å². The number of hydrogen-bond donors (Lipinski definition) is 1. The summed E-state index contributed by atoms with van der Waals surface area (Å²) >= 11 is 6.65. The Hall–Kier alpha value is -2.39. The highest BCUT2D eigenvalue weighted by Gasteiger charge is 2.33. The summed E-state index contributed by atoms with van der Waals surface area (Å²) in [6, 6.07) is 5.08. The largest absolute Gasteiger partial charge is 0.417 e. The number of hydrogen-bond acceptors (Lipinski definition) is 5. The molecule has 0 amide bonds. The number of thiazole rings is 1. The van der Waals surface area contributed by atoms with Crippen molar-refractivity contribution < 1.29 is 13.2 Å². The molecule has 2 aromatic heterocycles. The Balaban J connectivity index is 1.95. The second-order valence-corrected chi connectivity index (χ2v) is 6.79. The van der Waals surface area contributed by atoms with Gasteiger partial charge in [-0.15, -0.1) is 0 Å². The van der Waals surface area contributed by atoms with Crippen molar-refractivity contribution in [1.82, 2.24) is 14.5 Å². The van der Waals surface area contributed by atoms with E-state index in [0.717, 1.165) is 29.2 Å². The molecule has 3 rings (SSSR count). The number of halogens is 4. The second-order valence-electron chi connectivity index (χ2n) is 5.42. The van der Waals surface area contributed by atoms with Crippen LogP contribution >= 0.6 is 22.9 Å². The molecule has 1 aromatic carbocycles. The third-order valence-corrected chi connectivity index (χ3v) is 5.20. The Morgan fingerprint density at radius 3 is 2.62 bits per heavy atom. The Labute approximate surface area is 155 Å². The normalized spacial score (nSPS) is 11.6. The van der Waals surface area contributed by atoms with Crippen molar-refractivity contribution in [2.45, 2.75) is 13.1 Å². The highest BCUT2D eigenvalue weighted by atomic mass is 35.5. The summed E-state index contributed by atoms with van der Waals surface area (Å²) in [5, 5.41) is 2.35. The minimum absolute atomic E-state index is 0.112. The first-order chi connectivity index (χ1) is 12.2. The van der Waals surface area contributed by atoms with Gasteiger partial charge in [0, 0.05) is 24.6 Å². The Morgan fingerprint density at radius 2 is 2.00 bits per heavy atom. The SMILES string of the molecule is Cc1c(-c2ccnc(Nc3ccc(Cl)c(C(F)(F)F)c3)n2)sc(=O)n1C. The molecular formula is C16H12ClF3N4OS. The number of nitrogens with zero attached hydrogens (tertiary/aromatic N) is 3. The van der Waals surface area contributed by atoms with Crippen molar-refractivity contribution in [3.8, 4) is 10.6 Å². The zero-order valence-electron chi connectivity index (χ0n) is 13.6. The molecule has 5 nitrogen and oxygen atoms in total. The number of aromatic nitrogens is 3. The molecule has 26 heavy (non-hydrogen) atoms. The van der Waals surface area contributed by atoms with Crippen LogP contribution in [0, 0.1) is 6.92 Å². The summed E-state index contributed by atoms with van der Waals surface area (Å²) in [4.78, 5) is 20.6. The van der Waals surface area contributed by atoms with Crippen LogP contribution in [0.3, 0.4) is 0 Å². The molecule has 0 fully saturated rings. The minimum atomic E-state index is -4.56. The summed E-state index contributed by atoms with van der Waals surface area (Å²) in [6.07, 6.45) is -3.10. The van der Waals surface area contributed by atoms with Crippen LogP contribution in [-0.2, 0) is 13.2 Å². The van der Waals surface area contributed by atoms with Crippen molar-refractivity contribution in [2.24, 2.45) is 7.05 Å². The van der Waals surface area contributed by atoms with Gasteiger partial charge in [0.15, 0.2) is 0 Å². The predicted molar refractivity (Wildman–Crippen MR) is 95.1 cm³/mol. The molecule has 2 heterocycles. The van der Waals surface area contributed by atoms with Crippen molar-refractivity contribution >= 4 is 34.6 Å². The zero-order chi connectivity index (χ0) is 19.1. The van der Waals surface area contributed by atoms with Crippen molar-refractivity contribution in [2.75, 3.05) is 5.32 Å². The van der Waals surface area contributed by atoms with E-state index in [0.29, 0.717) is 10.6 Å². The fraction of sp³-hybridized carbons (Fsp3) is 0.188. The van der Waals surface area contributed by atoms with Crippen LogP contribution in [0.4, 0.5) is 24.8 Å². The van der Waals surface area contributed by atoms with Gasteiger partial charge in [-0.1, -0.05) is 22.9 Å². The Morgan fingerprint density at radius 1 is 1.27 bits per heavy atom. The van der Waals surface area contributed by atoms with Gasteiger partial charge in [-0.25, -0.2) is 9.97 Å². The maximum atomic E-state index is 13.0. The minimum Gasteiger partial charge on any atom is -0.324 e. The average molecular weight is 401 g/mol. The van der Waals surface area contributed by atoms with E-state index in [1.807, 2.05) is 0 Å². The van der Waals surface area contributed by atoms with Crippen molar-refractivity contribution in [3.63, 3.8) is 0 Å². The quantitative estimate of drug-likeness (QED) is 0.696. The summed E-state index contributed by atoms with van der Waals surface area (Å²) in [7, 11) is 1.66. The molecular weight excluding hydrogens is 389 g/mol. The van der Waals surface area contributed by atoms with Crippen LogP contribution in [0.2, 0.25) is 5.02 Å². The predicted octanol–water partition coefficient (Wildman–Crippen LogP) is 4.63. The maximum Gasteiger partial charge on any atom is 0.417 e. The van der Waals surface area contributed by atoms with E-state index in [2.05, 4.69) is 15.3 Å². The molecule has 10 heteroatoms. The van der Waals surface area contributed by atoms with Gasteiger partial charge in [0.25, 0.3) is 0 Å². The molecule has 0 aliphatic heterocycles. The van der Waals surface area contributed by atoms with Crippen LogP contribution in [0.15, 0.2) is 35.3 Å². The summed E-state index contributed by atoms with van der Waals surface area (Å²) in [5.41, 5.74) is 0.456. The summed E-state index contributed by atoms with van der Waals surface area (Å²) in [6.45, 7) is 1.79. The molecule has 0 saturated heterocycles. The van der Waals surface area contributed by atoms with E-state index >= 15 is 0 Å². The molecule has 0 spiro atoms. The molecule has 0 atom stereocenters. The third kappa shape index (κ3) is 3.58. The van der Waals surface area contributed by atoms with Crippen molar-refractivity contribution in [1.29, 1.82) is 0 Å². The monoisotopic (exact) mass is 400 g/mol. The first kappa shape index (κ1) is 18.4. The van der Waals surface area contributed by atoms with E-state index in [1.54, 1.807) is 20.0 Å². The summed E-state index contributed by atoms with van der Waals surface area (Å²) in [5.74, 6) is 0.112. The van der Waals surface area contributed by atoms with Crippen LogP contribution in [0.25, 0.3) is 10.6 Å². The fourth-order valence-electron chi connectivity index (χ4n) is 2.25. The Kier molecular flexibility index (Phi) is 4.76. The molecule has 1 N–H and O–H groups in total. The smallest absolute Gasteiger partial charge is 0.324 e. The van der Waals surface area contributed by atoms with E-state index in [4.69, 9.17) is 11.6 Å². The molecule has 0 saturated carbocycles. The lowest BCUT2D eigenvalue weighted by Crippen LogP contribution is -2.08. The van der Waals surface area contributed by atoms with E-state index in [-0.39, 0.29) is 21.5 Å². The first-order valence-corrected chi connectivity index (χ1v) is 8.50. The van der Waals surface area contributed by atoms with E-state index in [1.165, 1.54) is 16.8 Å². The second kappa shape index (κ2) is 6.73. The molecule has 136 valence electrons. The zero-order valence-corrected chi connectivity index (χ0v) is 15.1. The number of nitrogens with one attached hydrogen (secondary N) is 1. The lowest BCUT2D eigenvalue weighted by atomic mass is 10.2.